The van der Waals surface area contributed by atoms with Crippen molar-refractivity contribution in [1.29, 1.82) is 0 Å². The maximum absolute atomic E-state index is 10.2. The van der Waals surface area contributed by atoms with Crippen molar-refractivity contribution >= 4 is 5.97 Å². The van der Waals surface area contributed by atoms with Gasteiger partial charge in [-0.3, -0.25) is 4.79 Å². The third-order valence-corrected chi connectivity index (χ3v) is 1.55. The molecule has 5 heteroatoms. The zero-order valence-corrected chi connectivity index (χ0v) is 8.86. The smallest absolute Gasteiger partial charge is 0.304 e. The molecule has 0 unspecified atom stereocenters. The van der Waals surface area contributed by atoms with E-state index in [2.05, 4.69) is 10.6 Å². The van der Waals surface area contributed by atoms with Crippen LogP contribution in [0.5, 0.6) is 0 Å². The first-order valence-electron chi connectivity index (χ1n) is 3.45. The molecule has 0 aromatic rings. The van der Waals surface area contributed by atoms with E-state index in [0.29, 0.717) is 0 Å². The molecule has 1 rings (SSSR count). The summed E-state index contributed by atoms with van der Waals surface area (Å²) in [5.41, 5.74) is 0. The number of hydrogen-bond acceptors (Lipinski definition) is 3. The van der Waals surface area contributed by atoms with Gasteiger partial charge in [0.05, 0.1) is 6.42 Å². The first-order chi connectivity index (χ1) is 4.79. The molecule has 0 saturated carbocycles. The summed E-state index contributed by atoms with van der Waals surface area (Å²) < 4.78 is 0. The fraction of sp³-hybridized carbons (Fsp3) is 0.833. The normalized spacial score (nSPS) is 23.8. The van der Waals surface area contributed by atoms with Gasteiger partial charge in [0.2, 0.25) is 0 Å². The van der Waals surface area contributed by atoms with Crippen LogP contribution in [0.1, 0.15) is 6.42 Å². The predicted octanol–water partition coefficient (Wildman–Crippen LogP) is -0.980. The van der Waals surface area contributed by atoms with E-state index in [1.165, 1.54) is 0 Å². The molecule has 0 aromatic carbocycles. The van der Waals surface area contributed by atoms with Crippen molar-refractivity contribution in [2.45, 2.75) is 12.5 Å². The summed E-state index contributed by atoms with van der Waals surface area (Å²) >= 11 is 0. The van der Waals surface area contributed by atoms with Crippen LogP contribution in [0, 0.1) is 0 Å². The van der Waals surface area contributed by atoms with Gasteiger partial charge < -0.3 is 15.7 Å². The van der Waals surface area contributed by atoms with Crippen LogP contribution < -0.4 is 10.6 Å². The summed E-state index contributed by atoms with van der Waals surface area (Å²) in [6.45, 7) is 2.58. The Hall–Kier alpha value is 0.0523. The molecule has 1 heterocycles. The first-order valence-corrected chi connectivity index (χ1v) is 3.45. The predicted molar refractivity (Wildman–Crippen MR) is 36.9 cm³/mol. The average molecular weight is 330 g/mol. The summed E-state index contributed by atoms with van der Waals surface area (Å²) in [6, 6.07) is 0.117. The maximum atomic E-state index is 10.2. The van der Waals surface area contributed by atoms with Gasteiger partial charge in [-0.25, -0.2) is 0 Å². The Morgan fingerprint density at radius 2 is 2.27 bits per heavy atom. The second kappa shape index (κ2) is 5.67. The van der Waals surface area contributed by atoms with Gasteiger partial charge in [-0.2, -0.15) is 0 Å². The quantitative estimate of drug-likeness (QED) is 0.609. The molecule has 4 nitrogen and oxygen atoms in total. The molecule has 0 bridgehead atoms. The van der Waals surface area contributed by atoms with Crippen LogP contribution in [0.2, 0.25) is 0 Å². The van der Waals surface area contributed by atoms with E-state index in [4.69, 9.17) is 5.11 Å². The van der Waals surface area contributed by atoms with E-state index in [0.717, 1.165) is 19.6 Å². The van der Waals surface area contributed by atoms with Gasteiger partial charge in [0.15, 0.2) is 0 Å². The average Bonchev–Trinajstić information content (AvgIpc) is 1.88. The monoisotopic (exact) mass is 331 g/mol. The molecular formula is C6H12N2O2Re. The van der Waals surface area contributed by atoms with Crippen LogP contribution >= 0.6 is 0 Å². The van der Waals surface area contributed by atoms with Gasteiger partial charge in [0.25, 0.3) is 0 Å². The molecule has 0 amide bonds. The van der Waals surface area contributed by atoms with E-state index in [1.54, 1.807) is 0 Å². The van der Waals surface area contributed by atoms with Crippen molar-refractivity contribution in [3.63, 3.8) is 0 Å². The van der Waals surface area contributed by atoms with Crippen molar-refractivity contribution in [3.8, 4) is 0 Å². The molecule has 1 saturated heterocycles. The molecular weight excluding hydrogens is 318 g/mol. The number of rotatable bonds is 2. The van der Waals surface area contributed by atoms with Crippen molar-refractivity contribution in [2.24, 2.45) is 0 Å². The second-order valence-electron chi connectivity index (χ2n) is 2.45. The topological polar surface area (TPSA) is 61.4 Å². The maximum Gasteiger partial charge on any atom is 0.304 e. The van der Waals surface area contributed by atoms with E-state index >= 15 is 0 Å². The number of nitrogens with one attached hydrogen (secondary N) is 2. The number of carboxylic acid groups (broad SMARTS) is 1. The molecule has 3 N–H and O–H groups in total. The first kappa shape index (κ1) is 11.1. The van der Waals surface area contributed by atoms with Gasteiger partial charge in [-0.05, 0) is 0 Å². The standard InChI is InChI=1S/C6H12N2O2.Re/c9-6(10)3-5-4-7-1-2-8-5;/h5,7-8H,1-4H2,(H,9,10);/t5-;/m1./s1. The minimum Gasteiger partial charge on any atom is -0.481 e. The number of piperazine rings is 1. The van der Waals surface area contributed by atoms with Crippen molar-refractivity contribution in [1.82, 2.24) is 10.6 Å². The van der Waals surface area contributed by atoms with Crippen molar-refractivity contribution < 1.29 is 30.3 Å². The molecule has 1 radical (unpaired) electrons. The molecule has 1 aliphatic rings. The van der Waals surface area contributed by atoms with Crippen LogP contribution in [0.15, 0.2) is 0 Å². The zero-order chi connectivity index (χ0) is 7.40. The number of carbonyl (C=O) groups is 1. The number of carboxylic acids is 1. The molecule has 1 atom stereocenters. The van der Waals surface area contributed by atoms with Crippen molar-refractivity contribution in [2.75, 3.05) is 19.6 Å². The van der Waals surface area contributed by atoms with E-state index in [9.17, 15) is 4.79 Å². The van der Waals surface area contributed by atoms with Gasteiger partial charge in [-0.1, -0.05) is 0 Å². The minimum absolute atomic E-state index is 0. The Labute approximate surface area is 79.4 Å². The minimum atomic E-state index is -0.735. The largest absolute Gasteiger partial charge is 0.481 e. The molecule has 0 spiro atoms. The molecule has 1 aliphatic heterocycles. The number of hydrogen-bond donors (Lipinski definition) is 3. The molecule has 11 heavy (non-hydrogen) atoms. The van der Waals surface area contributed by atoms with Crippen LogP contribution in [0.3, 0.4) is 0 Å². The van der Waals surface area contributed by atoms with Gasteiger partial charge in [0.1, 0.15) is 0 Å². The third kappa shape index (κ3) is 4.49. The fourth-order valence-corrected chi connectivity index (χ4v) is 1.07. The summed E-state index contributed by atoms with van der Waals surface area (Å²) in [6.07, 6.45) is 0.215. The molecule has 65 valence electrons. The fourth-order valence-electron chi connectivity index (χ4n) is 1.07. The summed E-state index contributed by atoms with van der Waals surface area (Å²) in [4.78, 5) is 10.2. The van der Waals surface area contributed by atoms with Crippen LogP contribution in [-0.4, -0.2) is 36.8 Å². The summed E-state index contributed by atoms with van der Waals surface area (Å²) in [5.74, 6) is -0.735. The molecule has 0 aromatic heterocycles. The third-order valence-electron chi connectivity index (χ3n) is 1.55. The van der Waals surface area contributed by atoms with E-state index < -0.39 is 5.97 Å². The Bertz CT molecular complexity index is 126. The van der Waals surface area contributed by atoms with Crippen LogP contribution in [0.4, 0.5) is 0 Å². The Balaban J connectivity index is 0.000001000. The molecule has 1 fully saturated rings. The van der Waals surface area contributed by atoms with Crippen molar-refractivity contribution in [3.05, 3.63) is 0 Å². The second-order valence-corrected chi connectivity index (χ2v) is 2.45. The summed E-state index contributed by atoms with van der Waals surface area (Å²) in [5, 5.41) is 14.6. The Kier molecular flexibility index (Phi) is 5.70. The van der Waals surface area contributed by atoms with Gasteiger partial charge >= 0.3 is 5.97 Å². The Morgan fingerprint density at radius 3 is 2.73 bits per heavy atom. The Morgan fingerprint density at radius 1 is 1.55 bits per heavy atom. The van der Waals surface area contributed by atoms with Gasteiger partial charge in [-0.15, -0.1) is 0 Å². The van der Waals surface area contributed by atoms with Gasteiger partial charge in [0, 0.05) is 46.1 Å². The van der Waals surface area contributed by atoms with Crippen LogP contribution in [-0.2, 0) is 25.2 Å². The zero-order valence-electron chi connectivity index (χ0n) is 6.14. The summed E-state index contributed by atoms with van der Waals surface area (Å²) in [7, 11) is 0. The number of aliphatic carboxylic acids is 1. The molecule has 0 aliphatic carbocycles. The van der Waals surface area contributed by atoms with E-state index in [-0.39, 0.29) is 32.9 Å². The SMILES string of the molecule is O=C(O)C[C@@H]1CNCCN1.[Re]. The van der Waals surface area contributed by atoms with E-state index in [1.807, 2.05) is 0 Å². The van der Waals surface area contributed by atoms with Crippen LogP contribution in [0.25, 0.3) is 0 Å².